The summed E-state index contributed by atoms with van der Waals surface area (Å²) in [7, 11) is 0. The molecule has 1 fully saturated rings. The molecule has 0 saturated carbocycles. The van der Waals surface area contributed by atoms with E-state index in [-0.39, 0.29) is 18.0 Å². The number of carbonyl (C=O) groups excluding carboxylic acids is 1. The van der Waals surface area contributed by atoms with E-state index in [0.717, 1.165) is 0 Å². The van der Waals surface area contributed by atoms with E-state index in [1.165, 1.54) is 31.1 Å². The summed E-state index contributed by atoms with van der Waals surface area (Å²) in [5.74, 6) is -0.698. The number of alkyl halides is 4. The number of aromatic nitrogens is 3. The average Bonchev–Trinajstić information content (AvgIpc) is 3.50. The van der Waals surface area contributed by atoms with Gasteiger partial charge in [-0.1, -0.05) is 0 Å². The van der Waals surface area contributed by atoms with Gasteiger partial charge in [0.05, 0.1) is 58.6 Å². The van der Waals surface area contributed by atoms with E-state index in [1.807, 2.05) is 6.07 Å². The normalized spacial score (nSPS) is 17.2. The topological polar surface area (TPSA) is 119 Å². The first-order valence-electron chi connectivity index (χ1n) is 12.4. The summed E-state index contributed by atoms with van der Waals surface area (Å²) < 4.78 is 54.2. The third-order valence-corrected chi connectivity index (χ3v) is 6.60. The molecule has 0 spiro atoms. The maximum absolute atomic E-state index is 14.2. The highest BCUT2D eigenvalue weighted by Crippen LogP contribution is 2.27. The second-order valence-corrected chi connectivity index (χ2v) is 10.2. The Morgan fingerprint density at radius 3 is 2.74 bits per heavy atom. The average molecular weight is 548 g/mol. The van der Waals surface area contributed by atoms with Crippen LogP contribution in [0.3, 0.4) is 0 Å². The molecule has 9 nitrogen and oxygen atoms in total. The van der Waals surface area contributed by atoms with Gasteiger partial charge in [0.1, 0.15) is 12.2 Å². The molecule has 3 aromatic heterocycles. The van der Waals surface area contributed by atoms with E-state index in [2.05, 4.69) is 20.7 Å². The minimum atomic E-state index is -4.27. The number of anilines is 1. The smallest absolute Gasteiger partial charge is 0.387 e. The van der Waals surface area contributed by atoms with Crippen molar-refractivity contribution in [1.82, 2.24) is 24.8 Å². The van der Waals surface area contributed by atoms with Gasteiger partial charge in [-0.2, -0.15) is 23.5 Å². The second-order valence-electron chi connectivity index (χ2n) is 10.2. The molecular formula is C26H29F4N7O2. The number of hydrogen-bond acceptors (Lipinski definition) is 7. The van der Waals surface area contributed by atoms with Gasteiger partial charge in [0.2, 0.25) is 0 Å². The molecule has 0 radical (unpaired) electrons. The molecule has 1 amide bonds. The van der Waals surface area contributed by atoms with Crippen molar-refractivity contribution in [2.45, 2.75) is 38.2 Å². The molecule has 13 heteroatoms. The van der Waals surface area contributed by atoms with E-state index in [1.54, 1.807) is 28.8 Å². The molecule has 39 heavy (non-hydrogen) atoms. The molecule has 4 rings (SSSR count). The van der Waals surface area contributed by atoms with Gasteiger partial charge >= 0.3 is 6.18 Å². The Bertz CT molecular complexity index is 1380. The Kier molecular flexibility index (Phi) is 8.08. The van der Waals surface area contributed by atoms with Crippen LogP contribution in [0.1, 0.15) is 36.2 Å². The van der Waals surface area contributed by atoms with Gasteiger partial charge in [-0.25, -0.2) is 8.91 Å². The van der Waals surface area contributed by atoms with Crippen molar-refractivity contribution in [3.05, 3.63) is 47.8 Å². The molecule has 2 atom stereocenters. The van der Waals surface area contributed by atoms with Crippen molar-refractivity contribution in [3.8, 4) is 17.5 Å². The number of nitrogens with one attached hydrogen (secondary N) is 2. The van der Waals surface area contributed by atoms with Gasteiger partial charge in [0.15, 0.2) is 0 Å². The zero-order chi connectivity index (χ0) is 28.4. The fourth-order valence-electron chi connectivity index (χ4n) is 4.44. The lowest BCUT2D eigenvalue weighted by molar-refractivity contribution is -0.143. The lowest BCUT2D eigenvalue weighted by Gasteiger charge is -2.23. The van der Waals surface area contributed by atoms with Crippen LogP contribution in [-0.2, 0) is 0 Å². The summed E-state index contributed by atoms with van der Waals surface area (Å²) in [6.07, 6.45) is -2.67. The maximum atomic E-state index is 14.2. The minimum absolute atomic E-state index is 0.0783. The molecule has 1 unspecified atom stereocenters. The van der Waals surface area contributed by atoms with Crippen LogP contribution in [0.25, 0.3) is 16.9 Å². The molecule has 3 aromatic rings. The van der Waals surface area contributed by atoms with Crippen molar-refractivity contribution in [2.75, 3.05) is 38.0 Å². The van der Waals surface area contributed by atoms with Gasteiger partial charge in [-0.3, -0.25) is 14.7 Å². The van der Waals surface area contributed by atoms with Crippen LogP contribution in [-0.4, -0.2) is 81.2 Å². The fraction of sp³-hybridized carbons (Fsp3) is 0.462. The van der Waals surface area contributed by atoms with Gasteiger partial charge in [0, 0.05) is 19.3 Å². The molecule has 208 valence electrons. The highest BCUT2D eigenvalue weighted by atomic mass is 19.4. The molecule has 1 aliphatic rings. The van der Waals surface area contributed by atoms with Crippen LogP contribution in [0.15, 0.2) is 36.7 Å². The Hall–Kier alpha value is -3.76. The van der Waals surface area contributed by atoms with Crippen molar-refractivity contribution >= 4 is 17.1 Å². The predicted molar refractivity (Wildman–Crippen MR) is 136 cm³/mol. The van der Waals surface area contributed by atoms with Crippen molar-refractivity contribution < 1.29 is 27.5 Å². The van der Waals surface area contributed by atoms with E-state index in [0.29, 0.717) is 47.7 Å². The van der Waals surface area contributed by atoms with Crippen molar-refractivity contribution in [3.63, 3.8) is 0 Å². The number of fused-ring (bicyclic) bond motifs is 1. The molecule has 0 aliphatic carbocycles. The predicted octanol–water partition coefficient (Wildman–Crippen LogP) is 3.40. The first-order valence-corrected chi connectivity index (χ1v) is 12.4. The quantitative estimate of drug-likeness (QED) is 0.352. The summed E-state index contributed by atoms with van der Waals surface area (Å²) in [6.45, 7) is 2.10. The summed E-state index contributed by atoms with van der Waals surface area (Å²) in [5.41, 5.74) is 0.946. The second kappa shape index (κ2) is 11.2. The van der Waals surface area contributed by atoms with Gasteiger partial charge < -0.3 is 15.7 Å². The van der Waals surface area contributed by atoms with Crippen LogP contribution in [0, 0.1) is 17.2 Å². The van der Waals surface area contributed by atoms with Crippen LogP contribution in [0.5, 0.6) is 0 Å². The maximum Gasteiger partial charge on any atom is 0.401 e. The number of amides is 1. The fourth-order valence-corrected chi connectivity index (χ4v) is 4.44. The SMILES string of the molecule is CC(C)(O)C(F)CNC(=O)c1cnc(-c2ccc3cc(C#N)cnn23)cc1NC[C@H]1CCN(CC(F)(F)F)C1. The largest absolute Gasteiger partial charge is 0.401 e. The molecule has 0 bridgehead atoms. The van der Waals surface area contributed by atoms with Crippen LogP contribution >= 0.6 is 0 Å². The summed E-state index contributed by atoms with van der Waals surface area (Å²) in [6, 6.07) is 8.86. The zero-order valence-electron chi connectivity index (χ0n) is 21.5. The van der Waals surface area contributed by atoms with E-state index >= 15 is 0 Å². The monoisotopic (exact) mass is 547 g/mol. The first-order chi connectivity index (χ1) is 18.3. The molecule has 4 heterocycles. The van der Waals surface area contributed by atoms with E-state index in [9.17, 15) is 27.5 Å². The lowest BCUT2D eigenvalue weighted by Crippen LogP contribution is -2.42. The Labute approximate surface area is 222 Å². The minimum Gasteiger partial charge on any atom is -0.387 e. The van der Waals surface area contributed by atoms with Gasteiger partial charge in [-0.15, -0.1) is 0 Å². The number of carbonyl (C=O) groups is 1. The first kappa shape index (κ1) is 28.3. The molecule has 1 aliphatic heterocycles. The molecule has 0 aromatic carbocycles. The Morgan fingerprint density at radius 2 is 2.05 bits per heavy atom. The van der Waals surface area contributed by atoms with Gasteiger partial charge in [-0.05, 0) is 57.0 Å². The number of nitriles is 1. The number of nitrogens with zero attached hydrogens (tertiary/aromatic N) is 5. The summed E-state index contributed by atoms with van der Waals surface area (Å²) >= 11 is 0. The highest BCUT2D eigenvalue weighted by Gasteiger charge is 2.34. The summed E-state index contributed by atoms with van der Waals surface area (Å²) in [4.78, 5) is 18.7. The Morgan fingerprint density at radius 1 is 1.28 bits per heavy atom. The highest BCUT2D eigenvalue weighted by molar-refractivity contribution is 6.00. The van der Waals surface area contributed by atoms with Crippen molar-refractivity contribution in [2.24, 2.45) is 5.92 Å². The number of aliphatic hydroxyl groups is 1. The Balaban J connectivity index is 1.57. The summed E-state index contributed by atoms with van der Waals surface area (Å²) in [5, 5.41) is 28.9. The number of halogens is 4. The van der Waals surface area contributed by atoms with Crippen LogP contribution in [0.4, 0.5) is 23.2 Å². The third kappa shape index (κ3) is 7.01. The number of pyridine rings is 1. The lowest BCUT2D eigenvalue weighted by atomic mass is 10.0. The number of hydrogen-bond donors (Lipinski definition) is 3. The molecule has 1 saturated heterocycles. The number of rotatable bonds is 9. The molecule has 3 N–H and O–H groups in total. The molecular weight excluding hydrogens is 518 g/mol. The van der Waals surface area contributed by atoms with E-state index in [4.69, 9.17) is 5.26 Å². The van der Waals surface area contributed by atoms with Gasteiger partial charge in [0.25, 0.3) is 5.91 Å². The number of likely N-dealkylation sites (tertiary alicyclic amines) is 1. The van der Waals surface area contributed by atoms with Crippen molar-refractivity contribution in [1.29, 1.82) is 5.26 Å². The third-order valence-electron chi connectivity index (χ3n) is 6.60. The van der Waals surface area contributed by atoms with E-state index < -0.39 is 36.9 Å². The zero-order valence-corrected chi connectivity index (χ0v) is 21.5. The van der Waals surface area contributed by atoms with Crippen LogP contribution in [0.2, 0.25) is 0 Å². The standard InChI is InChI=1S/C26H29F4N7O2/c1-25(2,39)23(27)13-34-24(38)19-12-33-21(22-4-3-18-7-17(9-31)11-35-37(18)22)8-20(19)32-10-16-5-6-36(14-16)15-26(28,29)30/h3-4,7-8,11-12,16,23,39H,5-6,10,13-15H2,1-2H3,(H,32,33)(H,34,38)/t16-,23?/m1/s1. The van der Waals surface area contributed by atoms with Crippen LogP contribution < -0.4 is 10.6 Å².